The summed E-state index contributed by atoms with van der Waals surface area (Å²) in [6, 6.07) is 3.99. The third-order valence-electron chi connectivity index (χ3n) is 7.52. The summed E-state index contributed by atoms with van der Waals surface area (Å²) in [6.45, 7) is 4.33. The van der Waals surface area contributed by atoms with E-state index in [9.17, 15) is 18.3 Å². The topological polar surface area (TPSA) is 109 Å². The Hall–Kier alpha value is -2.12. The van der Waals surface area contributed by atoms with Crippen LogP contribution in [0.3, 0.4) is 0 Å². The number of benzene rings is 1. The molecule has 220 valence electrons. The molecule has 8 nitrogen and oxygen atoms in total. The van der Waals surface area contributed by atoms with Crippen LogP contribution in [0.15, 0.2) is 23.4 Å². The lowest BCUT2D eigenvalue weighted by Crippen LogP contribution is -2.36. The lowest BCUT2D eigenvalue weighted by molar-refractivity contribution is -0.225. The zero-order valence-electron chi connectivity index (χ0n) is 22.9. The van der Waals surface area contributed by atoms with Crippen molar-refractivity contribution in [3.63, 3.8) is 0 Å². The van der Waals surface area contributed by atoms with Gasteiger partial charge in [-0.1, -0.05) is 24.8 Å². The lowest BCUT2D eigenvalue weighted by Gasteiger charge is -2.37. The third-order valence-corrected chi connectivity index (χ3v) is 8.57. The number of anilines is 2. The van der Waals surface area contributed by atoms with Gasteiger partial charge in [-0.3, -0.25) is 0 Å². The first-order valence-corrected chi connectivity index (χ1v) is 14.8. The van der Waals surface area contributed by atoms with Gasteiger partial charge in [-0.15, -0.1) is 0 Å². The number of hydrogen-bond donors (Lipinski definition) is 4. The molecule has 0 amide bonds. The monoisotopic (exact) mass is 582 g/mol. The molecule has 12 heteroatoms. The summed E-state index contributed by atoms with van der Waals surface area (Å²) in [6.07, 6.45) is 0.528. The highest BCUT2D eigenvalue weighted by molar-refractivity contribution is 7.99. The minimum absolute atomic E-state index is 0.0442. The molecule has 3 unspecified atom stereocenters. The minimum Gasteiger partial charge on any atom is -0.393 e. The number of aliphatic hydroxyl groups is 2. The summed E-state index contributed by atoms with van der Waals surface area (Å²) in [5.41, 5.74) is 2.45. The first-order chi connectivity index (χ1) is 19.1. The van der Waals surface area contributed by atoms with Crippen molar-refractivity contribution in [3.8, 4) is 0 Å². The van der Waals surface area contributed by atoms with E-state index in [2.05, 4.69) is 17.6 Å². The second-order valence-electron chi connectivity index (χ2n) is 11.3. The van der Waals surface area contributed by atoms with Gasteiger partial charge >= 0.3 is 0 Å². The van der Waals surface area contributed by atoms with Crippen LogP contribution >= 0.6 is 11.8 Å². The number of alkyl halides is 1. The van der Waals surface area contributed by atoms with Gasteiger partial charge in [0, 0.05) is 17.7 Å². The number of thioether (sulfide) groups is 1. The summed E-state index contributed by atoms with van der Waals surface area (Å²) < 4.78 is 52.5. The molecule has 2 aliphatic carbocycles. The van der Waals surface area contributed by atoms with Crippen LogP contribution in [-0.4, -0.2) is 69.4 Å². The van der Waals surface area contributed by atoms with Gasteiger partial charge in [0.25, 0.3) is 0 Å². The van der Waals surface area contributed by atoms with Gasteiger partial charge in [0.05, 0.1) is 37.2 Å². The molecule has 0 radical (unpaired) electrons. The molecule has 0 bridgehead atoms. The third kappa shape index (κ3) is 6.67. The van der Waals surface area contributed by atoms with Crippen molar-refractivity contribution >= 4 is 23.3 Å². The second kappa shape index (κ2) is 12.0. The summed E-state index contributed by atoms with van der Waals surface area (Å²) in [5, 5.41) is 27.0. The maximum atomic E-state index is 13.8. The van der Waals surface area contributed by atoms with Gasteiger partial charge in [-0.05, 0) is 63.1 Å². The van der Waals surface area contributed by atoms with Crippen LogP contribution in [0, 0.1) is 17.6 Å². The summed E-state index contributed by atoms with van der Waals surface area (Å²) in [7, 11) is 0. The van der Waals surface area contributed by atoms with Crippen LogP contribution in [0.5, 0.6) is 0 Å². The average Bonchev–Trinajstić information content (AvgIpc) is 3.55. The zero-order valence-corrected chi connectivity index (χ0v) is 23.7. The van der Waals surface area contributed by atoms with E-state index in [-0.39, 0.29) is 30.5 Å². The number of aliphatic hydroxyl groups excluding tert-OH is 1. The van der Waals surface area contributed by atoms with E-state index < -0.39 is 42.4 Å². The Morgan fingerprint density at radius 1 is 1.18 bits per heavy atom. The molecule has 1 aromatic carbocycles. The molecule has 2 aromatic rings. The Bertz CT molecular complexity index is 1200. The number of nitrogens with zero attached hydrogens (tertiary/aromatic N) is 2. The van der Waals surface area contributed by atoms with E-state index in [0.29, 0.717) is 23.8 Å². The molecule has 7 atom stereocenters. The molecule has 4 N–H and O–H groups in total. The van der Waals surface area contributed by atoms with E-state index in [1.165, 1.54) is 6.07 Å². The highest BCUT2D eigenvalue weighted by Crippen LogP contribution is 2.51. The minimum atomic E-state index is -1.48. The van der Waals surface area contributed by atoms with Gasteiger partial charge in [-0.2, -0.15) is 0 Å². The van der Waals surface area contributed by atoms with E-state index in [0.717, 1.165) is 41.6 Å². The van der Waals surface area contributed by atoms with Crippen molar-refractivity contribution in [3.05, 3.63) is 41.1 Å². The Morgan fingerprint density at radius 2 is 1.95 bits per heavy atom. The molecule has 1 aromatic heterocycles. The predicted octanol–water partition coefficient (Wildman–Crippen LogP) is 4.93. The summed E-state index contributed by atoms with van der Waals surface area (Å²) in [5.74, 6) is -1.40. The standard InChI is InChI=1S/C28H37F3N4O4S/c1-4-7-40-27-34-24-23(15-9-21(38-13-16(29)12-36)22(10-15)39-28(2,3)37)33-25(24)26(35-27)32-20-11-17(20)14-5-6-18(30)19(31)8-14/h5-6,8,15-17,20-23,33,36-37H,4,7,9-13H2,1-3H3,(H,32,34,35)/t15?,16?,17-,20+,21?,22-,23-/m0/s1. The van der Waals surface area contributed by atoms with Crippen molar-refractivity contribution in [2.24, 2.45) is 5.92 Å². The highest BCUT2D eigenvalue weighted by Gasteiger charge is 2.47. The molecular formula is C28H37F3N4O4S. The summed E-state index contributed by atoms with van der Waals surface area (Å²) >= 11 is 1.58. The van der Waals surface area contributed by atoms with Crippen molar-refractivity contribution < 1.29 is 32.9 Å². The molecule has 2 saturated carbocycles. The smallest absolute Gasteiger partial charge is 0.189 e. The van der Waals surface area contributed by atoms with E-state index in [1.54, 1.807) is 31.7 Å². The van der Waals surface area contributed by atoms with Crippen LogP contribution in [-0.2, 0) is 9.47 Å². The van der Waals surface area contributed by atoms with Gasteiger partial charge in [-0.25, -0.2) is 23.1 Å². The first-order valence-electron chi connectivity index (χ1n) is 13.9. The Morgan fingerprint density at radius 3 is 2.65 bits per heavy atom. The molecular weight excluding hydrogens is 545 g/mol. The molecule has 3 aliphatic rings. The number of rotatable bonds is 13. The zero-order chi connectivity index (χ0) is 28.6. The van der Waals surface area contributed by atoms with Gasteiger partial charge < -0.3 is 30.3 Å². The van der Waals surface area contributed by atoms with Crippen LogP contribution in [0.4, 0.5) is 24.7 Å². The lowest BCUT2D eigenvalue weighted by atomic mass is 9.88. The maximum Gasteiger partial charge on any atom is 0.189 e. The molecule has 5 rings (SSSR count). The Labute approximate surface area is 236 Å². The average molecular weight is 583 g/mol. The SMILES string of the molecule is CCCSc1nc(N[C@@H]2C[C@H]2c2ccc(F)c(F)c2)c2c(n1)[C@H](C1CC(OCC(F)CO)[C@@H](OC(C)(C)O)C1)N2. The fourth-order valence-corrected chi connectivity index (χ4v) is 6.24. The van der Waals surface area contributed by atoms with Crippen molar-refractivity contribution in [1.29, 1.82) is 0 Å². The number of hydrogen-bond acceptors (Lipinski definition) is 9. The van der Waals surface area contributed by atoms with E-state index >= 15 is 0 Å². The van der Waals surface area contributed by atoms with E-state index in [1.807, 2.05) is 0 Å². The molecule has 2 heterocycles. The van der Waals surface area contributed by atoms with Gasteiger partial charge in [0.15, 0.2) is 28.4 Å². The molecule has 0 saturated heterocycles. The quantitative estimate of drug-likeness (QED) is 0.149. The Kier molecular flexibility index (Phi) is 8.82. The molecule has 1 aliphatic heterocycles. The van der Waals surface area contributed by atoms with Crippen molar-refractivity contribution in [1.82, 2.24) is 9.97 Å². The number of nitrogens with one attached hydrogen (secondary N) is 2. The fourth-order valence-electron chi connectivity index (χ4n) is 5.53. The largest absolute Gasteiger partial charge is 0.393 e. The molecule has 0 spiro atoms. The maximum absolute atomic E-state index is 13.8. The van der Waals surface area contributed by atoms with Gasteiger partial charge in [0.1, 0.15) is 11.9 Å². The Balaban J connectivity index is 1.32. The van der Waals surface area contributed by atoms with Crippen LogP contribution in [0.1, 0.15) is 69.7 Å². The first kappa shape index (κ1) is 29.4. The highest BCUT2D eigenvalue weighted by atomic mass is 32.2. The normalized spacial score (nSPS) is 28.0. The van der Waals surface area contributed by atoms with Crippen LogP contribution < -0.4 is 10.6 Å². The summed E-state index contributed by atoms with van der Waals surface area (Å²) in [4.78, 5) is 9.61. The number of halogens is 3. The number of aromatic nitrogens is 2. The predicted molar refractivity (Wildman–Crippen MR) is 146 cm³/mol. The van der Waals surface area contributed by atoms with Crippen molar-refractivity contribution in [2.75, 3.05) is 29.6 Å². The number of ether oxygens (including phenoxy) is 2. The van der Waals surface area contributed by atoms with Crippen LogP contribution in [0.2, 0.25) is 0 Å². The molecule has 40 heavy (non-hydrogen) atoms. The second-order valence-corrected chi connectivity index (χ2v) is 12.4. The fraction of sp³-hybridized carbons (Fsp3) is 0.643. The van der Waals surface area contributed by atoms with Crippen molar-refractivity contribution in [2.45, 2.75) is 93.8 Å². The number of fused-ring (bicyclic) bond motifs is 1. The van der Waals surface area contributed by atoms with E-state index in [4.69, 9.17) is 24.5 Å². The molecule has 2 fully saturated rings. The van der Waals surface area contributed by atoms with Gasteiger partial charge in [0.2, 0.25) is 0 Å². The van der Waals surface area contributed by atoms with Crippen LogP contribution in [0.25, 0.3) is 0 Å².